The number of ketones is 1. The standard InChI is InChI=1S/C21H27BrN2O3S/c1-13-16(17-11-15(22)4-5-18(17)24-13)7-9-23-28(26,27)12-21-8-6-14(10-19(21)25)20(21,2)3/h4-5,11,14,23-24H,6-10,12H2,1-3H3/t14-,21+/m1/s1. The second kappa shape index (κ2) is 6.67. The quantitative estimate of drug-likeness (QED) is 0.672. The summed E-state index contributed by atoms with van der Waals surface area (Å²) in [5.41, 5.74) is 2.27. The molecule has 2 aromatic rings. The lowest BCUT2D eigenvalue weighted by atomic mass is 9.70. The van der Waals surface area contributed by atoms with Crippen molar-refractivity contribution in [3.05, 3.63) is 33.9 Å². The van der Waals surface area contributed by atoms with Gasteiger partial charge in [0.05, 0.1) is 5.75 Å². The summed E-state index contributed by atoms with van der Waals surface area (Å²) in [6.07, 6.45) is 2.79. The Labute approximate surface area is 174 Å². The number of aryl methyl sites for hydroxylation is 1. The van der Waals surface area contributed by atoms with Gasteiger partial charge in [0.1, 0.15) is 5.78 Å². The molecule has 1 aromatic carbocycles. The number of sulfonamides is 1. The largest absolute Gasteiger partial charge is 0.358 e. The third-order valence-electron chi connectivity index (χ3n) is 7.35. The molecular weight excluding hydrogens is 440 g/mol. The summed E-state index contributed by atoms with van der Waals surface area (Å²) in [4.78, 5) is 16.0. The van der Waals surface area contributed by atoms with Crippen LogP contribution in [0.2, 0.25) is 0 Å². The fraction of sp³-hybridized carbons (Fsp3) is 0.571. The van der Waals surface area contributed by atoms with Crippen LogP contribution in [0, 0.1) is 23.7 Å². The first-order valence-corrected chi connectivity index (χ1v) is 12.3. The molecule has 1 aromatic heterocycles. The van der Waals surface area contributed by atoms with Crippen molar-refractivity contribution in [3.63, 3.8) is 0 Å². The summed E-state index contributed by atoms with van der Waals surface area (Å²) < 4.78 is 29.5. The first kappa shape index (κ1) is 20.1. The molecule has 2 saturated carbocycles. The van der Waals surface area contributed by atoms with Gasteiger partial charge >= 0.3 is 0 Å². The molecule has 7 heteroatoms. The highest BCUT2D eigenvalue weighted by molar-refractivity contribution is 9.10. The number of fused-ring (bicyclic) bond motifs is 3. The molecule has 0 aliphatic heterocycles. The molecule has 5 nitrogen and oxygen atoms in total. The predicted molar refractivity (Wildman–Crippen MR) is 115 cm³/mol. The summed E-state index contributed by atoms with van der Waals surface area (Å²) >= 11 is 3.50. The van der Waals surface area contributed by atoms with Crippen LogP contribution in [0.25, 0.3) is 10.9 Å². The summed E-state index contributed by atoms with van der Waals surface area (Å²) in [6.45, 7) is 6.47. The Morgan fingerprint density at radius 2 is 2.07 bits per heavy atom. The van der Waals surface area contributed by atoms with Gasteiger partial charge in [0.15, 0.2) is 0 Å². The van der Waals surface area contributed by atoms with Crippen molar-refractivity contribution in [2.45, 2.75) is 46.5 Å². The van der Waals surface area contributed by atoms with Gasteiger partial charge in [-0.15, -0.1) is 0 Å². The zero-order chi connectivity index (χ0) is 20.3. The Kier molecular flexibility index (Phi) is 4.79. The van der Waals surface area contributed by atoms with Gasteiger partial charge in [0.2, 0.25) is 10.0 Å². The van der Waals surface area contributed by atoms with Crippen LogP contribution in [0.1, 0.15) is 44.4 Å². The Bertz CT molecular complexity index is 1060. The van der Waals surface area contributed by atoms with E-state index in [1.165, 1.54) is 0 Å². The van der Waals surface area contributed by atoms with Gasteiger partial charge in [-0.2, -0.15) is 0 Å². The minimum atomic E-state index is -3.53. The van der Waals surface area contributed by atoms with E-state index in [0.717, 1.165) is 33.1 Å². The van der Waals surface area contributed by atoms with Crippen molar-refractivity contribution in [2.24, 2.45) is 16.7 Å². The van der Waals surface area contributed by atoms with E-state index in [9.17, 15) is 13.2 Å². The number of carbonyl (C=O) groups is 1. The Morgan fingerprint density at radius 3 is 2.71 bits per heavy atom. The second-order valence-corrected chi connectivity index (χ2v) is 11.7. The van der Waals surface area contributed by atoms with E-state index in [0.29, 0.717) is 31.7 Å². The first-order valence-electron chi connectivity index (χ1n) is 9.83. The summed E-state index contributed by atoms with van der Waals surface area (Å²) in [5.74, 6) is 0.375. The fourth-order valence-electron chi connectivity index (χ4n) is 5.49. The summed E-state index contributed by atoms with van der Waals surface area (Å²) in [6, 6.07) is 6.06. The lowest BCUT2D eigenvalue weighted by Gasteiger charge is -2.36. The maximum Gasteiger partial charge on any atom is 0.212 e. The van der Waals surface area contributed by atoms with E-state index in [2.05, 4.69) is 45.5 Å². The van der Waals surface area contributed by atoms with E-state index in [4.69, 9.17) is 0 Å². The van der Waals surface area contributed by atoms with Crippen LogP contribution in [0.3, 0.4) is 0 Å². The fourth-order valence-corrected chi connectivity index (χ4v) is 7.69. The van der Waals surface area contributed by atoms with Crippen LogP contribution in [0.5, 0.6) is 0 Å². The average molecular weight is 467 g/mol. The van der Waals surface area contributed by atoms with Gasteiger partial charge in [0, 0.05) is 39.5 Å². The van der Waals surface area contributed by atoms with Gasteiger partial charge in [-0.3, -0.25) is 4.79 Å². The Hall–Kier alpha value is -1.18. The van der Waals surface area contributed by atoms with Crippen molar-refractivity contribution in [3.8, 4) is 0 Å². The number of benzene rings is 1. The lowest BCUT2D eigenvalue weighted by molar-refractivity contribution is -0.128. The van der Waals surface area contributed by atoms with Gasteiger partial charge in [-0.05, 0) is 61.3 Å². The third-order valence-corrected chi connectivity index (χ3v) is 9.36. The molecule has 2 atom stereocenters. The van der Waals surface area contributed by atoms with E-state index in [-0.39, 0.29) is 17.0 Å². The second-order valence-electron chi connectivity index (χ2n) is 8.99. The van der Waals surface area contributed by atoms with Crippen LogP contribution in [-0.2, 0) is 21.2 Å². The van der Waals surface area contributed by atoms with E-state index in [1.807, 2.05) is 19.1 Å². The number of Topliss-reactive ketones (excluding diaryl/α,β-unsaturated/α-hetero) is 1. The molecule has 2 aliphatic rings. The van der Waals surface area contributed by atoms with Crippen LogP contribution in [0.15, 0.2) is 22.7 Å². The maximum absolute atomic E-state index is 12.9. The molecule has 0 amide bonds. The number of hydrogen-bond donors (Lipinski definition) is 2. The van der Waals surface area contributed by atoms with Crippen molar-refractivity contribution in [1.82, 2.24) is 9.71 Å². The molecule has 2 aliphatic carbocycles. The molecule has 2 fully saturated rings. The molecule has 2 bridgehead atoms. The molecule has 4 rings (SSSR count). The monoisotopic (exact) mass is 466 g/mol. The highest BCUT2D eigenvalue weighted by atomic mass is 79.9. The van der Waals surface area contributed by atoms with Crippen LogP contribution in [0.4, 0.5) is 0 Å². The van der Waals surface area contributed by atoms with Crippen LogP contribution in [-0.4, -0.2) is 31.5 Å². The molecule has 1 heterocycles. The summed E-state index contributed by atoms with van der Waals surface area (Å²) in [7, 11) is -3.53. The lowest BCUT2D eigenvalue weighted by Crippen LogP contribution is -2.45. The maximum atomic E-state index is 12.9. The molecule has 0 saturated heterocycles. The third kappa shape index (κ3) is 3.06. The van der Waals surface area contributed by atoms with Gasteiger partial charge in [-0.25, -0.2) is 13.1 Å². The Morgan fingerprint density at radius 1 is 1.32 bits per heavy atom. The van der Waals surface area contributed by atoms with Crippen molar-refractivity contribution < 1.29 is 13.2 Å². The smallest absolute Gasteiger partial charge is 0.212 e. The van der Waals surface area contributed by atoms with E-state index >= 15 is 0 Å². The van der Waals surface area contributed by atoms with Crippen molar-refractivity contribution >= 4 is 42.6 Å². The zero-order valence-electron chi connectivity index (χ0n) is 16.6. The number of aromatic amines is 1. The zero-order valence-corrected chi connectivity index (χ0v) is 19.0. The number of nitrogens with one attached hydrogen (secondary N) is 2. The van der Waals surface area contributed by atoms with E-state index in [1.54, 1.807) is 0 Å². The van der Waals surface area contributed by atoms with E-state index < -0.39 is 15.4 Å². The normalized spacial score (nSPS) is 26.4. The topological polar surface area (TPSA) is 79.0 Å². The van der Waals surface area contributed by atoms with Gasteiger partial charge < -0.3 is 4.98 Å². The minimum absolute atomic E-state index is 0.0826. The molecule has 0 spiro atoms. The summed E-state index contributed by atoms with van der Waals surface area (Å²) in [5, 5.41) is 1.11. The Balaban J connectivity index is 1.48. The number of hydrogen-bond acceptors (Lipinski definition) is 3. The SMILES string of the molecule is Cc1[nH]c2ccc(Br)cc2c1CCNS(=O)(=O)C[C@@]12CC[C@H](CC1=O)C2(C)C. The van der Waals surface area contributed by atoms with Crippen LogP contribution < -0.4 is 4.72 Å². The van der Waals surface area contributed by atoms with Crippen molar-refractivity contribution in [1.29, 1.82) is 0 Å². The molecule has 152 valence electrons. The van der Waals surface area contributed by atoms with Gasteiger partial charge in [-0.1, -0.05) is 29.8 Å². The molecule has 0 unspecified atom stereocenters. The number of H-pyrrole nitrogens is 1. The molecule has 0 radical (unpaired) electrons. The minimum Gasteiger partial charge on any atom is -0.358 e. The number of aromatic nitrogens is 1. The number of carbonyl (C=O) groups excluding carboxylic acids is 1. The number of rotatable bonds is 6. The predicted octanol–water partition coefficient (Wildman–Crippen LogP) is 4.10. The molecule has 2 N–H and O–H groups in total. The highest BCUT2D eigenvalue weighted by Crippen LogP contribution is 2.64. The van der Waals surface area contributed by atoms with Gasteiger partial charge in [0.25, 0.3) is 0 Å². The highest BCUT2D eigenvalue weighted by Gasteiger charge is 2.65. The molecule has 28 heavy (non-hydrogen) atoms. The van der Waals surface area contributed by atoms with Crippen molar-refractivity contribution in [2.75, 3.05) is 12.3 Å². The molecular formula is C21H27BrN2O3S. The van der Waals surface area contributed by atoms with Crippen LogP contribution >= 0.6 is 15.9 Å². The first-order chi connectivity index (χ1) is 13.1. The number of halogens is 1. The average Bonchev–Trinajstić information content (AvgIpc) is 3.09.